The van der Waals surface area contributed by atoms with Crippen LogP contribution in [0.25, 0.3) is 87.6 Å². The first-order valence-corrected chi connectivity index (χ1v) is 21.8. The monoisotopic (exact) mass is 799 g/mol. The van der Waals surface area contributed by atoms with Crippen molar-refractivity contribution in [3.05, 3.63) is 247 Å². The molecule has 2 heteroatoms. The molecule has 0 saturated carbocycles. The third kappa shape index (κ3) is 4.57. The number of furan rings is 1. The summed E-state index contributed by atoms with van der Waals surface area (Å²) in [5.41, 5.74) is 17.4. The number of anilines is 3. The van der Waals surface area contributed by atoms with Gasteiger partial charge >= 0.3 is 0 Å². The van der Waals surface area contributed by atoms with Crippen molar-refractivity contribution in [1.29, 1.82) is 0 Å². The Balaban J connectivity index is 1.12. The summed E-state index contributed by atoms with van der Waals surface area (Å²) in [5.74, 6) is 0. The summed E-state index contributed by atoms with van der Waals surface area (Å²) < 4.78 is 6.51. The molecule has 63 heavy (non-hydrogen) atoms. The van der Waals surface area contributed by atoms with E-state index >= 15 is 0 Å². The van der Waals surface area contributed by atoms with Crippen molar-refractivity contribution in [2.45, 2.75) is 5.41 Å². The van der Waals surface area contributed by atoms with Gasteiger partial charge in [-0.3, -0.25) is 0 Å². The highest BCUT2D eigenvalue weighted by molar-refractivity contribution is 6.29. The van der Waals surface area contributed by atoms with Gasteiger partial charge in [0.25, 0.3) is 0 Å². The van der Waals surface area contributed by atoms with Crippen LogP contribution in [-0.4, -0.2) is 0 Å². The maximum atomic E-state index is 6.51. The second-order valence-corrected chi connectivity index (χ2v) is 17.0. The van der Waals surface area contributed by atoms with Crippen LogP contribution in [-0.2, 0) is 5.41 Å². The van der Waals surface area contributed by atoms with Crippen LogP contribution < -0.4 is 4.90 Å². The largest absolute Gasteiger partial charge is 0.456 e. The number of hydrogen-bond donors (Lipinski definition) is 0. The van der Waals surface area contributed by atoms with Gasteiger partial charge < -0.3 is 9.32 Å². The van der Waals surface area contributed by atoms with Crippen LogP contribution in [0.5, 0.6) is 0 Å². The Morgan fingerprint density at radius 3 is 1.40 bits per heavy atom. The molecule has 0 bridgehead atoms. The fourth-order valence-electron chi connectivity index (χ4n) is 11.6. The predicted octanol–water partition coefficient (Wildman–Crippen LogP) is 16.5. The third-order valence-electron chi connectivity index (χ3n) is 14.1. The van der Waals surface area contributed by atoms with Crippen molar-refractivity contribution >= 4 is 71.3 Å². The van der Waals surface area contributed by atoms with Gasteiger partial charge in [0.15, 0.2) is 0 Å². The zero-order chi connectivity index (χ0) is 41.2. The van der Waals surface area contributed by atoms with E-state index in [1.165, 1.54) is 76.8 Å². The molecule has 0 N–H and O–H groups in total. The average Bonchev–Trinajstić information content (AvgIpc) is 3.99. The predicted molar refractivity (Wildman–Crippen MR) is 263 cm³/mol. The lowest BCUT2D eigenvalue weighted by atomic mass is 9.70. The maximum absolute atomic E-state index is 6.51. The standard InChI is InChI=1S/C61H37NO/c1-2-18-41-39(17-1)40-19-3-4-24-47(40)59-48(41)26-15-32-56(59)62(55-31-13-8-23-46(55)49-27-16-34-58-60(49)50-25-9-14-33-57(50)63-58)38-35-36-45-44-22-7-12-30-53(44)61(54(45)37-38)51-28-10-5-20-42(51)43-21-6-11-29-52(43)61/h1-37H. The zero-order valence-electron chi connectivity index (χ0n) is 34.2. The fourth-order valence-corrected chi connectivity index (χ4v) is 11.6. The van der Waals surface area contributed by atoms with E-state index < -0.39 is 5.41 Å². The SMILES string of the molecule is c1ccc(N(c2ccc3c(c2)C2(c4ccccc4-c4ccccc42)c2ccccc2-3)c2cccc3c4ccccc4c4ccccc4c23)c(-c2cccc3oc4ccccc4c23)c1. The molecule has 12 aromatic rings. The van der Waals surface area contributed by atoms with Crippen molar-refractivity contribution in [2.75, 3.05) is 4.90 Å². The molecule has 0 atom stereocenters. The molecule has 2 aliphatic rings. The first-order chi connectivity index (χ1) is 31.3. The summed E-state index contributed by atoms with van der Waals surface area (Å²) in [6.45, 7) is 0. The van der Waals surface area contributed by atoms with Gasteiger partial charge in [-0.05, 0) is 113 Å². The molecule has 0 saturated heterocycles. The van der Waals surface area contributed by atoms with E-state index in [1.54, 1.807) is 0 Å². The highest BCUT2D eigenvalue weighted by Gasteiger charge is 2.51. The molecule has 2 aliphatic carbocycles. The molecule has 1 aromatic heterocycles. The molecule has 1 spiro atoms. The maximum Gasteiger partial charge on any atom is 0.136 e. The minimum absolute atomic E-state index is 0.483. The molecule has 0 radical (unpaired) electrons. The van der Waals surface area contributed by atoms with Gasteiger partial charge in [0.05, 0.1) is 16.8 Å². The second-order valence-electron chi connectivity index (χ2n) is 17.0. The van der Waals surface area contributed by atoms with Crippen LogP contribution in [0.4, 0.5) is 17.1 Å². The van der Waals surface area contributed by atoms with Gasteiger partial charge in [-0.2, -0.15) is 0 Å². The number of nitrogens with zero attached hydrogens (tertiary/aromatic N) is 1. The lowest BCUT2D eigenvalue weighted by Crippen LogP contribution is -2.26. The summed E-state index contributed by atoms with van der Waals surface area (Å²) in [6, 6.07) is 83.0. The quantitative estimate of drug-likeness (QED) is 0.165. The number of benzene rings is 11. The lowest BCUT2D eigenvalue weighted by molar-refractivity contribution is 0.669. The summed E-state index contributed by atoms with van der Waals surface area (Å²) in [4.78, 5) is 2.55. The summed E-state index contributed by atoms with van der Waals surface area (Å²) in [6.07, 6.45) is 0. The summed E-state index contributed by atoms with van der Waals surface area (Å²) in [5, 5.41) is 9.69. The normalized spacial score (nSPS) is 13.2. The Labute approximate surface area is 364 Å². The molecule has 292 valence electrons. The van der Waals surface area contributed by atoms with Crippen molar-refractivity contribution in [3.63, 3.8) is 0 Å². The summed E-state index contributed by atoms with van der Waals surface area (Å²) >= 11 is 0. The highest BCUT2D eigenvalue weighted by Crippen LogP contribution is 2.63. The van der Waals surface area contributed by atoms with Crippen LogP contribution in [0, 0.1) is 0 Å². The molecular weight excluding hydrogens is 763 g/mol. The Bertz CT molecular complexity index is 3780. The van der Waals surface area contributed by atoms with E-state index in [-0.39, 0.29) is 0 Å². The number of fused-ring (bicyclic) bond motifs is 19. The minimum Gasteiger partial charge on any atom is -0.456 e. The molecule has 0 unspecified atom stereocenters. The van der Waals surface area contributed by atoms with Crippen LogP contribution in [0.3, 0.4) is 0 Å². The fraction of sp³-hybridized carbons (Fsp3) is 0.0164. The van der Waals surface area contributed by atoms with Crippen LogP contribution in [0.15, 0.2) is 229 Å². The number of para-hydroxylation sites is 2. The van der Waals surface area contributed by atoms with Gasteiger partial charge in [0, 0.05) is 27.4 Å². The zero-order valence-corrected chi connectivity index (χ0v) is 34.2. The Morgan fingerprint density at radius 2 is 0.730 bits per heavy atom. The van der Waals surface area contributed by atoms with Gasteiger partial charge in [-0.25, -0.2) is 0 Å². The molecule has 0 aliphatic heterocycles. The first-order valence-electron chi connectivity index (χ1n) is 21.8. The topological polar surface area (TPSA) is 16.4 Å². The summed E-state index contributed by atoms with van der Waals surface area (Å²) in [7, 11) is 0. The number of hydrogen-bond acceptors (Lipinski definition) is 2. The first kappa shape index (κ1) is 34.5. The van der Waals surface area contributed by atoms with Crippen LogP contribution >= 0.6 is 0 Å². The lowest BCUT2D eigenvalue weighted by Gasteiger charge is -2.33. The average molecular weight is 800 g/mol. The van der Waals surface area contributed by atoms with Crippen molar-refractivity contribution in [1.82, 2.24) is 0 Å². The smallest absolute Gasteiger partial charge is 0.136 e. The van der Waals surface area contributed by atoms with Crippen LogP contribution in [0.1, 0.15) is 22.3 Å². The molecule has 11 aromatic carbocycles. The van der Waals surface area contributed by atoms with Gasteiger partial charge in [-0.1, -0.05) is 188 Å². The number of rotatable bonds is 4. The molecule has 0 fully saturated rings. The van der Waals surface area contributed by atoms with E-state index in [4.69, 9.17) is 4.42 Å². The molecule has 0 amide bonds. The van der Waals surface area contributed by atoms with E-state index in [9.17, 15) is 0 Å². The van der Waals surface area contributed by atoms with Crippen LogP contribution in [0.2, 0.25) is 0 Å². The Hall–Kier alpha value is -8.20. The highest BCUT2D eigenvalue weighted by atomic mass is 16.3. The molecule has 14 rings (SSSR count). The van der Waals surface area contributed by atoms with Crippen molar-refractivity contribution in [2.24, 2.45) is 0 Å². The molecule has 2 nitrogen and oxygen atoms in total. The van der Waals surface area contributed by atoms with Gasteiger partial charge in [0.2, 0.25) is 0 Å². The molecule has 1 heterocycles. The van der Waals surface area contributed by atoms with Gasteiger partial charge in [-0.15, -0.1) is 0 Å². The Morgan fingerprint density at radius 1 is 0.286 bits per heavy atom. The van der Waals surface area contributed by atoms with E-state index in [2.05, 4.69) is 229 Å². The van der Waals surface area contributed by atoms with Crippen molar-refractivity contribution in [3.8, 4) is 33.4 Å². The van der Waals surface area contributed by atoms with E-state index in [1.807, 2.05) is 0 Å². The van der Waals surface area contributed by atoms with Crippen molar-refractivity contribution < 1.29 is 4.42 Å². The minimum atomic E-state index is -0.483. The second kappa shape index (κ2) is 12.9. The molecular formula is C61H37NO. The Kier molecular flexibility index (Phi) is 7.07. The van der Waals surface area contributed by atoms with E-state index in [0.29, 0.717) is 0 Å². The van der Waals surface area contributed by atoms with E-state index in [0.717, 1.165) is 50.1 Å². The third-order valence-corrected chi connectivity index (χ3v) is 14.1. The van der Waals surface area contributed by atoms with Gasteiger partial charge in [0.1, 0.15) is 11.2 Å².